The lowest BCUT2D eigenvalue weighted by atomic mass is 10.0. The normalized spacial score (nSPS) is 35.3. The molecule has 0 saturated carbocycles. The van der Waals surface area contributed by atoms with Crippen LogP contribution in [0.5, 0.6) is 0 Å². The van der Waals surface area contributed by atoms with Crippen LogP contribution >= 0.6 is 0 Å². The van der Waals surface area contributed by atoms with Crippen molar-refractivity contribution in [2.45, 2.75) is 26.0 Å². The van der Waals surface area contributed by atoms with E-state index in [1.54, 1.807) is 6.26 Å². The second kappa shape index (κ2) is 2.87. The highest BCUT2D eigenvalue weighted by Crippen LogP contribution is 2.14. The summed E-state index contributed by atoms with van der Waals surface area (Å²) in [6.45, 7) is 2.18. The molecule has 1 heterocycles. The van der Waals surface area contributed by atoms with Crippen molar-refractivity contribution in [2.75, 3.05) is 0 Å². The zero-order chi connectivity index (χ0) is 6.69. The summed E-state index contributed by atoms with van der Waals surface area (Å²) in [7, 11) is 0. The Kier molecular flexibility index (Phi) is 2.11. The average molecular weight is 127 g/mol. The highest BCUT2D eigenvalue weighted by molar-refractivity contribution is 4.81. The third kappa shape index (κ3) is 2.06. The first-order valence-corrected chi connectivity index (χ1v) is 3.35. The van der Waals surface area contributed by atoms with Gasteiger partial charge in [0, 0.05) is 6.42 Å². The Bertz CT molecular complexity index is 99.5. The quantitative estimate of drug-likeness (QED) is 0.531. The van der Waals surface area contributed by atoms with Gasteiger partial charge in [0.15, 0.2) is 0 Å². The van der Waals surface area contributed by atoms with E-state index in [0.717, 1.165) is 12.8 Å². The van der Waals surface area contributed by atoms with Crippen LogP contribution in [0.25, 0.3) is 0 Å². The van der Waals surface area contributed by atoms with E-state index < -0.39 is 0 Å². The van der Waals surface area contributed by atoms with E-state index >= 15 is 0 Å². The van der Waals surface area contributed by atoms with Gasteiger partial charge in [-0.15, -0.1) is 0 Å². The van der Waals surface area contributed by atoms with E-state index in [1.165, 1.54) is 0 Å². The zero-order valence-electron chi connectivity index (χ0n) is 5.71. The smallest absolute Gasteiger partial charge is 0.147 e. The van der Waals surface area contributed by atoms with Crippen LogP contribution in [-0.4, -0.2) is 6.23 Å². The average Bonchev–Trinajstić information content (AvgIpc) is 1.93. The van der Waals surface area contributed by atoms with E-state index in [4.69, 9.17) is 10.5 Å². The fraction of sp³-hybridized carbons (Fsp3) is 0.714. The lowest BCUT2D eigenvalue weighted by molar-refractivity contribution is 0.134. The first-order valence-electron chi connectivity index (χ1n) is 3.35. The summed E-state index contributed by atoms with van der Waals surface area (Å²) in [5.74, 6) is 0.666. The lowest BCUT2D eigenvalue weighted by Gasteiger charge is -2.11. The van der Waals surface area contributed by atoms with E-state index in [0.29, 0.717) is 5.92 Å². The Morgan fingerprint density at radius 3 is 3.22 bits per heavy atom. The Balaban J connectivity index is 2.40. The Labute approximate surface area is 55.7 Å². The van der Waals surface area contributed by atoms with Crippen LogP contribution < -0.4 is 5.73 Å². The van der Waals surface area contributed by atoms with Gasteiger partial charge in [0.25, 0.3) is 0 Å². The largest absolute Gasteiger partial charge is 0.484 e. The highest BCUT2D eigenvalue weighted by atomic mass is 16.5. The molecule has 2 nitrogen and oxygen atoms in total. The summed E-state index contributed by atoms with van der Waals surface area (Å²) in [5, 5.41) is 0. The number of nitrogens with two attached hydrogens (primary N) is 1. The second-order valence-corrected chi connectivity index (χ2v) is 2.62. The molecule has 0 aromatic heterocycles. The first kappa shape index (κ1) is 6.62. The van der Waals surface area contributed by atoms with Crippen molar-refractivity contribution in [3.8, 4) is 0 Å². The summed E-state index contributed by atoms with van der Waals surface area (Å²) < 4.78 is 5.07. The molecule has 2 heteroatoms. The predicted molar refractivity (Wildman–Crippen MR) is 36.6 cm³/mol. The molecule has 2 N–H and O–H groups in total. The van der Waals surface area contributed by atoms with Gasteiger partial charge in [0.05, 0.1) is 6.26 Å². The van der Waals surface area contributed by atoms with Crippen molar-refractivity contribution in [1.29, 1.82) is 0 Å². The number of ether oxygens (including phenoxy) is 1. The zero-order valence-corrected chi connectivity index (χ0v) is 5.71. The molecule has 0 aliphatic carbocycles. The van der Waals surface area contributed by atoms with Crippen molar-refractivity contribution in [1.82, 2.24) is 0 Å². The monoisotopic (exact) mass is 127 g/mol. The first-order chi connectivity index (χ1) is 4.29. The van der Waals surface area contributed by atoms with Crippen molar-refractivity contribution >= 4 is 0 Å². The lowest BCUT2D eigenvalue weighted by Crippen LogP contribution is -2.22. The third-order valence-corrected chi connectivity index (χ3v) is 1.52. The predicted octanol–water partition coefficient (Wildman–Crippen LogP) is 1.23. The van der Waals surface area contributed by atoms with Crippen molar-refractivity contribution in [3.05, 3.63) is 12.3 Å². The SMILES string of the molecule is CC1CC=COC(N)C1. The number of allylic oxidation sites excluding steroid dienone is 1. The summed E-state index contributed by atoms with van der Waals surface area (Å²) in [6.07, 6.45) is 5.70. The van der Waals surface area contributed by atoms with Gasteiger partial charge in [-0.05, 0) is 18.4 Å². The Hall–Kier alpha value is -0.500. The molecule has 0 amide bonds. The van der Waals surface area contributed by atoms with Crippen LogP contribution in [0.15, 0.2) is 12.3 Å². The number of rotatable bonds is 0. The van der Waals surface area contributed by atoms with Gasteiger partial charge in [-0.25, -0.2) is 0 Å². The Morgan fingerprint density at radius 1 is 1.67 bits per heavy atom. The van der Waals surface area contributed by atoms with Gasteiger partial charge >= 0.3 is 0 Å². The second-order valence-electron chi connectivity index (χ2n) is 2.62. The standard InChI is InChI=1S/C7H13NO/c1-6-3-2-4-9-7(8)5-6/h2,4,6-7H,3,5,8H2,1H3. The van der Waals surface area contributed by atoms with E-state index in [9.17, 15) is 0 Å². The topological polar surface area (TPSA) is 35.2 Å². The van der Waals surface area contributed by atoms with Crippen LogP contribution in [-0.2, 0) is 4.74 Å². The molecule has 1 aliphatic rings. The van der Waals surface area contributed by atoms with Gasteiger partial charge < -0.3 is 4.74 Å². The van der Waals surface area contributed by atoms with Crippen LogP contribution in [0, 0.1) is 5.92 Å². The minimum Gasteiger partial charge on any atom is -0.484 e. The van der Waals surface area contributed by atoms with E-state index in [-0.39, 0.29) is 6.23 Å². The maximum atomic E-state index is 5.55. The molecule has 1 rings (SSSR count). The molecule has 0 fully saturated rings. The van der Waals surface area contributed by atoms with Crippen molar-refractivity contribution in [2.24, 2.45) is 11.7 Å². The summed E-state index contributed by atoms with van der Waals surface area (Å²) in [6, 6.07) is 0. The fourth-order valence-electron chi connectivity index (χ4n) is 0.993. The van der Waals surface area contributed by atoms with Gasteiger partial charge in [-0.3, -0.25) is 5.73 Å². The van der Waals surface area contributed by atoms with Crippen LogP contribution in [0.1, 0.15) is 19.8 Å². The van der Waals surface area contributed by atoms with Gasteiger partial charge in [0.1, 0.15) is 6.23 Å². The van der Waals surface area contributed by atoms with Crippen LogP contribution in [0.3, 0.4) is 0 Å². The summed E-state index contributed by atoms with van der Waals surface area (Å²) in [5.41, 5.74) is 5.55. The summed E-state index contributed by atoms with van der Waals surface area (Å²) >= 11 is 0. The van der Waals surface area contributed by atoms with E-state index in [2.05, 4.69) is 6.92 Å². The maximum absolute atomic E-state index is 5.55. The number of hydrogen-bond donors (Lipinski definition) is 1. The number of hydrogen-bond acceptors (Lipinski definition) is 2. The highest BCUT2D eigenvalue weighted by Gasteiger charge is 2.09. The molecular formula is C7H13NO. The van der Waals surface area contributed by atoms with Crippen LogP contribution in [0.2, 0.25) is 0 Å². The molecular weight excluding hydrogens is 114 g/mol. The Morgan fingerprint density at radius 2 is 2.44 bits per heavy atom. The minimum atomic E-state index is -0.0845. The molecule has 52 valence electrons. The minimum absolute atomic E-state index is 0.0845. The summed E-state index contributed by atoms with van der Waals surface area (Å²) in [4.78, 5) is 0. The van der Waals surface area contributed by atoms with Crippen molar-refractivity contribution in [3.63, 3.8) is 0 Å². The molecule has 0 spiro atoms. The van der Waals surface area contributed by atoms with E-state index in [1.807, 2.05) is 6.08 Å². The molecule has 2 unspecified atom stereocenters. The maximum Gasteiger partial charge on any atom is 0.147 e. The molecule has 1 aliphatic heterocycles. The molecule has 9 heavy (non-hydrogen) atoms. The van der Waals surface area contributed by atoms with Crippen LogP contribution in [0.4, 0.5) is 0 Å². The molecule has 2 atom stereocenters. The van der Waals surface area contributed by atoms with Gasteiger partial charge in [0.2, 0.25) is 0 Å². The van der Waals surface area contributed by atoms with Crippen molar-refractivity contribution < 1.29 is 4.74 Å². The third-order valence-electron chi connectivity index (χ3n) is 1.52. The van der Waals surface area contributed by atoms with Gasteiger partial charge in [-0.2, -0.15) is 0 Å². The molecule has 0 bridgehead atoms. The fourth-order valence-corrected chi connectivity index (χ4v) is 0.993. The molecule has 0 radical (unpaired) electrons. The van der Waals surface area contributed by atoms with Gasteiger partial charge in [-0.1, -0.05) is 6.92 Å². The molecule has 0 aromatic rings. The molecule has 0 aromatic carbocycles. The molecule has 0 saturated heterocycles.